The van der Waals surface area contributed by atoms with E-state index in [0.29, 0.717) is 18.9 Å². The Morgan fingerprint density at radius 2 is 1.88 bits per heavy atom. The number of nitro groups is 1. The van der Waals surface area contributed by atoms with Crippen molar-refractivity contribution in [2.45, 2.75) is 6.92 Å². The van der Waals surface area contributed by atoms with Gasteiger partial charge in [-0.1, -0.05) is 18.2 Å². The van der Waals surface area contributed by atoms with Crippen LogP contribution in [0.2, 0.25) is 0 Å². The smallest absolute Gasteiger partial charge is 0.353 e. The first-order valence-corrected chi connectivity index (χ1v) is 10.6. The first kappa shape index (κ1) is 22.9. The van der Waals surface area contributed by atoms with Crippen molar-refractivity contribution in [3.05, 3.63) is 63.1 Å². The maximum absolute atomic E-state index is 12.1. The number of piperazine rings is 1. The number of benzene rings is 1. The minimum atomic E-state index is -1.00. The van der Waals surface area contributed by atoms with Gasteiger partial charge in [0.1, 0.15) is 0 Å². The lowest BCUT2D eigenvalue weighted by Gasteiger charge is -2.33. The lowest BCUT2D eigenvalue weighted by molar-refractivity contribution is -0.383. The van der Waals surface area contributed by atoms with Crippen molar-refractivity contribution in [3.63, 3.8) is 0 Å². The molecule has 1 saturated heterocycles. The molecule has 0 unspecified atom stereocenters. The summed E-state index contributed by atoms with van der Waals surface area (Å²) in [5.41, 5.74) is 1.50. The van der Waals surface area contributed by atoms with Crippen LogP contribution in [0.25, 0.3) is 12.2 Å². The summed E-state index contributed by atoms with van der Waals surface area (Å²) in [6.45, 7) is 4.52. The number of aryl methyl sites for hydroxylation is 1. The van der Waals surface area contributed by atoms with Crippen LogP contribution in [0, 0.1) is 17.0 Å². The highest BCUT2D eigenvalue weighted by Gasteiger charge is 2.30. The number of aromatic carboxylic acids is 1. The Labute approximate surface area is 195 Å². The zero-order valence-electron chi connectivity index (χ0n) is 18.7. The van der Waals surface area contributed by atoms with Gasteiger partial charge in [0.15, 0.2) is 11.6 Å². The van der Waals surface area contributed by atoms with Crippen LogP contribution in [-0.4, -0.2) is 74.3 Å². The average Bonchev–Trinajstić information content (AvgIpc) is 3.22. The van der Waals surface area contributed by atoms with E-state index in [1.54, 1.807) is 30.4 Å². The van der Waals surface area contributed by atoms with E-state index in [1.165, 1.54) is 12.1 Å². The molecule has 0 aliphatic carbocycles. The Morgan fingerprint density at radius 1 is 1.18 bits per heavy atom. The fourth-order valence-electron chi connectivity index (χ4n) is 3.54. The molecule has 0 amide bonds. The monoisotopic (exact) mass is 464 g/mol. The molecule has 0 radical (unpaired) electrons. The Balaban J connectivity index is 1.74. The Hall–Kier alpha value is -4.32. The predicted octanol–water partition coefficient (Wildman–Crippen LogP) is 2.78. The number of likely N-dealkylation sites (N-methyl/N-ethyl adjacent to an activating group) is 1. The number of nitrogens with one attached hydrogen (secondary N) is 2. The van der Waals surface area contributed by atoms with E-state index in [0.717, 1.165) is 24.3 Å². The second-order valence-electron chi connectivity index (χ2n) is 7.97. The number of aromatic amines is 1. The molecule has 1 fully saturated rings. The van der Waals surface area contributed by atoms with Crippen LogP contribution >= 0.6 is 0 Å². The molecule has 3 heterocycles. The summed E-state index contributed by atoms with van der Waals surface area (Å²) in [7, 11) is 2.00. The molecule has 12 nitrogen and oxygen atoms in total. The molecule has 4 rings (SSSR count). The second-order valence-corrected chi connectivity index (χ2v) is 7.97. The van der Waals surface area contributed by atoms with Gasteiger partial charge >= 0.3 is 11.7 Å². The van der Waals surface area contributed by atoms with Gasteiger partial charge in [-0.2, -0.15) is 5.10 Å². The third-order valence-corrected chi connectivity index (χ3v) is 5.40. The fourth-order valence-corrected chi connectivity index (χ4v) is 3.54. The van der Waals surface area contributed by atoms with Gasteiger partial charge in [0, 0.05) is 37.9 Å². The van der Waals surface area contributed by atoms with Crippen molar-refractivity contribution in [1.29, 1.82) is 0 Å². The van der Waals surface area contributed by atoms with Crippen molar-refractivity contribution >= 4 is 41.3 Å². The maximum atomic E-state index is 12.1. The summed E-state index contributed by atoms with van der Waals surface area (Å²) in [5, 5.41) is 31.0. The SMILES string of the molecule is Cc1cc(Nc2nc(/C=C/c3ccc(C(=O)O)cc3)nc(N3CCN(C)CC3)c2[N+](=O)[O-])n[nH]1. The standard InChI is InChI=1S/C22H24N8O4/c1-14-13-18(27-26-14)24-20-19(30(33)34)21(29-11-9-28(2)10-12-29)25-17(23-20)8-5-15-3-6-16(7-4-15)22(31)32/h3-8,13H,9-12H2,1-2H3,(H,31,32)(H2,23,24,25,26,27)/b8-5+. The Morgan fingerprint density at radius 3 is 2.47 bits per heavy atom. The van der Waals surface area contributed by atoms with Crippen LogP contribution in [0.4, 0.5) is 23.1 Å². The number of carboxylic acid groups (broad SMARTS) is 1. The molecular formula is C22H24N8O4. The van der Waals surface area contributed by atoms with Crippen LogP contribution in [0.5, 0.6) is 0 Å². The number of nitrogens with zero attached hydrogens (tertiary/aromatic N) is 6. The molecule has 0 atom stereocenters. The van der Waals surface area contributed by atoms with Gasteiger partial charge in [-0.15, -0.1) is 0 Å². The van der Waals surface area contributed by atoms with E-state index in [4.69, 9.17) is 5.11 Å². The van der Waals surface area contributed by atoms with Crippen molar-refractivity contribution in [1.82, 2.24) is 25.1 Å². The molecule has 12 heteroatoms. The lowest BCUT2D eigenvalue weighted by atomic mass is 10.1. The number of rotatable bonds is 7. The fraction of sp³-hybridized carbons (Fsp3) is 0.273. The molecule has 0 bridgehead atoms. The molecular weight excluding hydrogens is 440 g/mol. The number of hydrogen-bond donors (Lipinski definition) is 3. The van der Waals surface area contributed by atoms with E-state index < -0.39 is 10.9 Å². The number of aromatic nitrogens is 4. The van der Waals surface area contributed by atoms with Crippen LogP contribution in [0.15, 0.2) is 30.3 Å². The summed E-state index contributed by atoms with van der Waals surface area (Å²) >= 11 is 0. The normalized spacial score (nSPS) is 14.5. The molecule has 34 heavy (non-hydrogen) atoms. The molecule has 0 saturated carbocycles. The van der Waals surface area contributed by atoms with Gasteiger partial charge in [0.25, 0.3) is 0 Å². The summed E-state index contributed by atoms with van der Waals surface area (Å²) in [6.07, 6.45) is 3.36. The molecule has 2 aromatic heterocycles. The van der Waals surface area contributed by atoms with Gasteiger partial charge in [0.05, 0.1) is 10.5 Å². The molecule has 0 spiro atoms. The molecule has 3 N–H and O–H groups in total. The van der Waals surface area contributed by atoms with Crippen molar-refractivity contribution < 1.29 is 14.8 Å². The summed E-state index contributed by atoms with van der Waals surface area (Å²) in [5.74, 6) is -0.0418. The third-order valence-electron chi connectivity index (χ3n) is 5.40. The highest BCUT2D eigenvalue weighted by Crippen LogP contribution is 2.35. The predicted molar refractivity (Wildman–Crippen MR) is 127 cm³/mol. The summed E-state index contributed by atoms with van der Waals surface area (Å²) < 4.78 is 0. The van der Waals surface area contributed by atoms with Crippen molar-refractivity contribution in [2.24, 2.45) is 0 Å². The topological polar surface area (TPSA) is 153 Å². The summed E-state index contributed by atoms with van der Waals surface area (Å²) in [4.78, 5) is 35.6. The van der Waals surface area contributed by atoms with E-state index in [9.17, 15) is 14.9 Å². The van der Waals surface area contributed by atoms with Crippen molar-refractivity contribution in [2.75, 3.05) is 43.4 Å². The lowest BCUT2D eigenvalue weighted by Crippen LogP contribution is -2.45. The van der Waals surface area contributed by atoms with Gasteiger partial charge in [-0.25, -0.2) is 14.8 Å². The zero-order chi connectivity index (χ0) is 24.2. The van der Waals surface area contributed by atoms with Crippen LogP contribution < -0.4 is 10.2 Å². The molecule has 3 aromatic rings. The third kappa shape index (κ3) is 5.18. The average molecular weight is 464 g/mol. The van der Waals surface area contributed by atoms with Crippen LogP contribution in [0.3, 0.4) is 0 Å². The minimum Gasteiger partial charge on any atom is -0.478 e. The zero-order valence-corrected chi connectivity index (χ0v) is 18.7. The highest BCUT2D eigenvalue weighted by molar-refractivity contribution is 5.88. The quantitative estimate of drug-likeness (QED) is 0.351. The first-order chi connectivity index (χ1) is 16.3. The van der Waals surface area contributed by atoms with E-state index in [2.05, 4.69) is 30.4 Å². The number of hydrogen-bond acceptors (Lipinski definition) is 9. The van der Waals surface area contributed by atoms with Crippen LogP contribution in [0.1, 0.15) is 27.4 Å². The summed E-state index contributed by atoms with van der Waals surface area (Å²) in [6, 6.07) is 8.06. The second kappa shape index (κ2) is 9.67. The maximum Gasteiger partial charge on any atom is 0.353 e. The molecule has 1 aliphatic rings. The number of carbonyl (C=O) groups is 1. The molecule has 176 valence electrons. The molecule has 1 aromatic carbocycles. The number of anilines is 3. The minimum absolute atomic E-state index is 0.0429. The number of H-pyrrole nitrogens is 1. The van der Waals surface area contributed by atoms with Gasteiger partial charge in [-0.05, 0) is 37.7 Å². The first-order valence-electron chi connectivity index (χ1n) is 10.6. The van der Waals surface area contributed by atoms with Crippen LogP contribution in [-0.2, 0) is 0 Å². The molecule has 1 aliphatic heterocycles. The Kier molecular flexibility index (Phi) is 6.50. The van der Waals surface area contributed by atoms with E-state index in [-0.39, 0.29) is 28.7 Å². The van der Waals surface area contributed by atoms with E-state index in [1.807, 2.05) is 18.9 Å². The highest BCUT2D eigenvalue weighted by atomic mass is 16.6. The van der Waals surface area contributed by atoms with Crippen molar-refractivity contribution in [3.8, 4) is 0 Å². The number of carboxylic acids is 1. The largest absolute Gasteiger partial charge is 0.478 e. The van der Waals surface area contributed by atoms with Gasteiger partial charge in [0.2, 0.25) is 11.6 Å². The Bertz CT molecular complexity index is 1230. The van der Waals surface area contributed by atoms with E-state index >= 15 is 0 Å². The van der Waals surface area contributed by atoms with Gasteiger partial charge in [-0.3, -0.25) is 15.2 Å². The van der Waals surface area contributed by atoms with Gasteiger partial charge < -0.3 is 20.2 Å².